The Hall–Kier alpha value is 1.39. The predicted octanol–water partition coefficient (Wildman–Crippen LogP) is -0.112. The van der Waals surface area contributed by atoms with Crippen LogP contribution < -0.4 is 0 Å². The van der Waals surface area contributed by atoms with E-state index in [0.717, 1.165) is 0 Å². The maximum atomic E-state index is 9.76. The quantitative estimate of drug-likeness (QED) is 0.394. The first-order valence-electron chi connectivity index (χ1n) is 1.57. The topological polar surface area (TPSA) is 54.4 Å². The Morgan fingerprint density at radius 1 is 1.50 bits per heavy atom. The largest absolute Gasteiger partial charge is 0.286 e. The monoisotopic (exact) mass is 211 g/mol. The van der Waals surface area contributed by atoms with Crippen LogP contribution in [0.25, 0.3) is 0 Å². The molecule has 0 saturated carbocycles. The predicted molar refractivity (Wildman–Crippen MR) is 36.0 cm³/mol. The van der Waals surface area contributed by atoms with Gasteiger partial charge in [0.2, 0.25) is 0 Å². The van der Waals surface area contributed by atoms with E-state index in [9.17, 15) is 8.42 Å². The average Bonchev–Trinajstić information content (AvgIpc) is 1.30. The molecular formula is C2H5BrNaO3S. The summed E-state index contributed by atoms with van der Waals surface area (Å²) < 4.78 is 27.5. The average molecular weight is 212 g/mol. The Morgan fingerprint density at radius 2 is 1.88 bits per heavy atom. The third-order valence-corrected chi connectivity index (χ3v) is 1.98. The SMILES string of the molecule is O=S(=O)(O)CCBr.[Na]. The van der Waals surface area contributed by atoms with E-state index in [1.165, 1.54) is 0 Å². The summed E-state index contributed by atoms with van der Waals surface area (Å²) >= 11 is 2.85. The van der Waals surface area contributed by atoms with E-state index in [1.54, 1.807) is 0 Å². The first kappa shape index (κ1) is 12.1. The molecule has 0 heterocycles. The minimum atomic E-state index is -3.72. The molecule has 0 fully saturated rings. The minimum Gasteiger partial charge on any atom is -0.286 e. The second-order valence-electron chi connectivity index (χ2n) is 0.975. The zero-order valence-corrected chi connectivity index (χ0v) is 8.87. The Kier molecular flexibility index (Phi) is 7.86. The van der Waals surface area contributed by atoms with Crippen LogP contribution in [0.4, 0.5) is 0 Å². The summed E-state index contributed by atoms with van der Waals surface area (Å²) in [6.45, 7) is 0. The van der Waals surface area contributed by atoms with E-state index in [0.29, 0.717) is 0 Å². The van der Waals surface area contributed by atoms with Crippen molar-refractivity contribution in [1.29, 1.82) is 0 Å². The van der Waals surface area contributed by atoms with Gasteiger partial charge < -0.3 is 0 Å². The van der Waals surface area contributed by atoms with Gasteiger partial charge in [-0.05, 0) is 0 Å². The molecule has 8 heavy (non-hydrogen) atoms. The maximum Gasteiger partial charge on any atom is 0.265 e. The number of alkyl halides is 1. The van der Waals surface area contributed by atoms with Crippen LogP contribution in [-0.2, 0) is 10.1 Å². The Balaban J connectivity index is 0. The summed E-state index contributed by atoms with van der Waals surface area (Å²) in [6.07, 6.45) is 0. The van der Waals surface area contributed by atoms with Gasteiger partial charge in [0.15, 0.2) is 0 Å². The van der Waals surface area contributed by atoms with Crippen molar-refractivity contribution in [3.05, 3.63) is 0 Å². The van der Waals surface area contributed by atoms with Crippen LogP contribution in [0.3, 0.4) is 0 Å². The van der Waals surface area contributed by atoms with Crippen LogP contribution in [0.1, 0.15) is 0 Å². The van der Waals surface area contributed by atoms with Crippen LogP contribution in [0.15, 0.2) is 0 Å². The molecule has 0 aliphatic rings. The molecule has 0 aromatic carbocycles. The number of halogens is 1. The molecule has 0 saturated heterocycles. The van der Waals surface area contributed by atoms with Gasteiger partial charge in [-0.1, -0.05) is 15.9 Å². The molecule has 0 aromatic heterocycles. The van der Waals surface area contributed by atoms with Crippen LogP contribution >= 0.6 is 15.9 Å². The molecule has 6 heteroatoms. The zero-order valence-electron chi connectivity index (χ0n) is 4.46. The normalized spacial score (nSPS) is 10.2. The van der Waals surface area contributed by atoms with Gasteiger partial charge in [-0.15, -0.1) is 0 Å². The van der Waals surface area contributed by atoms with Gasteiger partial charge in [0.25, 0.3) is 10.1 Å². The second-order valence-corrected chi connectivity index (χ2v) is 3.34. The van der Waals surface area contributed by atoms with E-state index >= 15 is 0 Å². The summed E-state index contributed by atoms with van der Waals surface area (Å²) in [5.74, 6) is -0.215. The van der Waals surface area contributed by atoms with E-state index in [2.05, 4.69) is 15.9 Å². The van der Waals surface area contributed by atoms with Crippen molar-refractivity contribution in [3.8, 4) is 0 Å². The van der Waals surface area contributed by atoms with Crippen molar-refractivity contribution in [3.63, 3.8) is 0 Å². The molecule has 0 rings (SSSR count). The Morgan fingerprint density at radius 3 is 1.88 bits per heavy atom. The van der Waals surface area contributed by atoms with Gasteiger partial charge >= 0.3 is 0 Å². The fourth-order valence-electron chi connectivity index (χ4n) is 0.0975. The Labute approximate surface area is 79.0 Å². The van der Waals surface area contributed by atoms with Gasteiger partial charge in [0, 0.05) is 34.9 Å². The molecular weight excluding hydrogens is 207 g/mol. The molecule has 0 aliphatic carbocycles. The summed E-state index contributed by atoms with van der Waals surface area (Å²) in [5.41, 5.74) is 0. The van der Waals surface area contributed by atoms with Crippen LogP contribution in [0, 0.1) is 0 Å². The van der Waals surface area contributed by atoms with Crippen LogP contribution in [0.5, 0.6) is 0 Å². The third kappa shape index (κ3) is 10.4. The summed E-state index contributed by atoms with van der Waals surface area (Å²) in [7, 11) is -3.72. The first-order valence-corrected chi connectivity index (χ1v) is 4.30. The third-order valence-electron chi connectivity index (χ3n) is 0.335. The zero-order chi connectivity index (χ0) is 5.91. The van der Waals surface area contributed by atoms with Gasteiger partial charge in [-0.3, -0.25) is 4.55 Å². The molecule has 0 spiro atoms. The van der Waals surface area contributed by atoms with Crippen LogP contribution in [-0.4, -0.2) is 53.6 Å². The fraction of sp³-hybridized carbons (Fsp3) is 1.00. The van der Waals surface area contributed by atoms with Crippen molar-refractivity contribution in [2.75, 3.05) is 11.1 Å². The van der Waals surface area contributed by atoms with Crippen molar-refractivity contribution in [2.45, 2.75) is 0 Å². The summed E-state index contributed by atoms with van der Waals surface area (Å²) in [6, 6.07) is 0. The van der Waals surface area contributed by atoms with Crippen molar-refractivity contribution < 1.29 is 13.0 Å². The molecule has 0 aliphatic heterocycles. The standard InChI is InChI=1S/C2H5BrO3S.Na/c3-1-2-7(4,5)6;/h1-2H2,(H,4,5,6);. The van der Waals surface area contributed by atoms with Crippen molar-refractivity contribution in [2.24, 2.45) is 0 Å². The van der Waals surface area contributed by atoms with Gasteiger partial charge in [0.1, 0.15) is 0 Å². The molecule has 1 N–H and O–H groups in total. The minimum absolute atomic E-state index is 0. The molecule has 0 unspecified atom stereocenters. The molecule has 1 radical (unpaired) electrons. The Bertz CT molecular complexity index is 130. The maximum absolute atomic E-state index is 9.76. The molecule has 0 atom stereocenters. The van der Waals surface area contributed by atoms with Crippen LogP contribution in [0.2, 0.25) is 0 Å². The number of hydrogen-bond donors (Lipinski definition) is 1. The first-order chi connectivity index (χ1) is 3.06. The van der Waals surface area contributed by atoms with E-state index in [1.807, 2.05) is 0 Å². The molecule has 0 aromatic rings. The molecule has 45 valence electrons. The van der Waals surface area contributed by atoms with E-state index in [4.69, 9.17) is 4.55 Å². The van der Waals surface area contributed by atoms with Gasteiger partial charge in [0.05, 0.1) is 5.75 Å². The van der Waals surface area contributed by atoms with Gasteiger partial charge in [-0.2, -0.15) is 8.42 Å². The van der Waals surface area contributed by atoms with E-state index in [-0.39, 0.29) is 40.6 Å². The summed E-state index contributed by atoms with van der Waals surface area (Å²) in [5, 5.41) is 0.284. The smallest absolute Gasteiger partial charge is 0.265 e. The molecule has 3 nitrogen and oxygen atoms in total. The fourth-order valence-corrected chi connectivity index (χ4v) is 1.52. The van der Waals surface area contributed by atoms with E-state index < -0.39 is 10.1 Å². The summed E-state index contributed by atoms with van der Waals surface area (Å²) in [4.78, 5) is 0. The van der Waals surface area contributed by atoms with Crippen molar-refractivity contribution >= 4 is 55.6 Å². The second kappa shape index (κ2) is 5.20. The van der Waals surface area contributed by atoms with Gasteiger partial charge in [-0.25, -0.2) is 0 Å². The van der Waals surface area contributed by atoms with Crippen molar-refractivity contribution in [1.82, 2.24) is 0 Å². The molecule has 0 bridgehead atoms. The molecule has 0 amide bonds. The number of hydrogen-bond acceptors (Lipinski definition) is 2. The number of rotatable bonds is 2.